The highest BCUT2D eigenvalue weighted by Crippen LogP contribution is 2.22. The van der Waals surface area contributed by atoms with Gasteiger partial charge in [-0.2, -0.15) is 0 Å². The lowest BCUT2D eigenvalue weighted by atomic mass is 10.00. The fourth-order valence-corrected chi connectivity index (χ4v) is 3.47. The first kappa shape index (κ1) is 19.8. The number of amides is 3. The van der Waals surface area contributed by atoms with E-state index < -0.39 is 0 Å². The van der Waals surface area contributed by atoms with Gasteiger partial charge in [-0.3, -0.25) is 19.3 Å². The van der Waals surface area contributed by atoms with E-state index >= 15 is 0 Å². The molecule has 0 aliphatic carbocycles. The molecule has 0 radical (unpaired) electrons. The van der Waals surface area contributed by atoms with E-state index in [0.29, 0.717) is 17.0 Å². The molecule has 1 heterocycles. The van der Waals surface area contributed by atoms with Gasteiger partial charge in [0.1, 0.15) is 0 Å². The topological polar surface area (TPSA) is 66.5 Å². The Labute approximate surface area is 165 Å². The van der Waals surface area contributed by atoms with E-state index in [0.717, 1.165) is 16.9 Å². The average Bonchev–Trinajstić information content (AvgIpc) is 2.91. The summed E-state index contributed by atoms with van der Waals surface area (Å²) < 4.78 is 0. The number of rotatable bonds is 7. The third-order valence-electron chi connectivity index (χ3n) is 4.94. The van der Waals surface area contributed by atoms with E-state index in [1.165, 1.54) is 5.56 Å². The first-order chi connectivity index (χ1) is 13.4. The van der Waals surface area contributed by atoms with E-state index in [1.54, 1.807) is 24.3 Å². The largest absolute Gasteiger partial charge is 0.350 e. The number of hydrogen-bond acceptors (Lipinski definition) is 3. The Hall–Kier alpha value is -2.95. The van der Waals surface area contributed by atoms with Gasteiger partial charge in [-0.1, -0.05) is 50.2 Å². The second kappa shape index (κ2) is 8.38. The quantitative estimate of drug-likeness (QED) is 0.746. The summed E-state index contributed by atoms with van der Waals surface area (Å²) >= 11 is 0. The molecule has 0 aromatic heterocycles. The minimum atomic E-state index is -0.331. The minimum absolute atomic E-state index is 0.0816. The molecule has 5 heteroatoms. The number of carbonyl (C=O) groups is 3. The summed E-state index contributed by atoms with van der Waals surface area (Å²) in [6.07, 6.45) is 1.11. The summed E-state index contributed by atoms with van der Waals surface area (Å²) in [7, 11) is 0. The fourth-order valence-electron chi connectivity index (χ4n) is 3.47. The van der Waals surface area contributed by atoms with Crippen LogP contribution in [0.1, 0.15) is 65.1 Å². The van der Waals surface area contributed by atoms with Crippen LogP contribution in [0.3, 0.4) is 0 Å². The lowest BCUT2D eigenvalue weighted by Gasteiger charge is -2.17. The zero-order valence-corrected chi connectivity index (χ0v) is 16.6. The van der Waals surface area contributed by atoms with Crippen molar-refractivity contribution >= 4 is 17.7 Å². The Morgan fingerprint density at radius 1 is 0.929 bits per heavy atom. The molecule has 0 saturated heterocycles. The Kier molecular flexibility index (Phi) is 5.93. The molecule has 1 aliphatic heterocycles. The van der Waals surface area contributed by atoms with Crippen molar-refractivity contribution in [3.8, 4) is 0 Å². The number of benzene rings is 2. The van der Waals surface area contributed by atoms with E-state index in [2.05, 4.69) is 31.3 Å². The number of imide groups is 1. The van der Waals surface area contributed by atoms with Crippen LogP contribution in [0.2, 0.25) is 0 Å². The van der Waals surface area contributed by atoms with E-state index in [9.17, 15) is 14.4 Å². The predicted molar refractivity (Wildman–Crippen MR) is 108 cm³/mol. The second-order valence-corrected chi connectivity index (χ2v) is 7.69. The Morgan fingerprint density at radius 2 is 1.50 bits per heavy atom. The van der Waals surface area contributed by atoms with Crippen LogP contribution in [0.5, 0.6) is 0 Å². The van der Waals surface area contributed by atoms with Crippen LogP contribution in [-0.2, 0) is 11.2 Å². The van der Waals surface area contributed by atoms with Crippen LogP contribution in [0.25, 0.3) is 0 Å². The zero-order valence-electron chi connectivity index (χ0n) is 16.6. The van der Waals surface area contributed by atoms with Gasteiger partial charge in [-0.25, -0.2) is 0 Å². The predicted octanol–water partition coefficient (Wildman–Crippen LogP) is 3.75. The van der Waals surface area contributed by atoms with Gasteiger partial charge in [0, 0.05) is 13.0 Å². The fraction of sp³-hybridized carbons (Fsp3) is 0.348. The number of carbonyl (C=O) groups excluding carboxylic acids is 3. The summed E-state index contributed by atoms with van der Waals surface area (Å²) in [5, 5.41) is 2.94. The van der Waals surface area contributed by atoms with Crippen molar-refractivity contribution in [3.05, 3.63) is 70.8 Å². The first-order valence-corrected chi connectivity index (χ1v) is 9.70. The van der Waals surface area contributed by atoms with Gasteiger partial charge >= 0.3 is 0 Å². The molecular weight excluding hydrogens is 352 g/mol. The maximum absolute atomic E-state index is 12.3. The molecule has 2 aromatic carbocycles. The number of nitrogens with zero attached hydrogens (tertiary/aromatic N) is 1. The van der Waals surface area contributed by atoms with Crippen LogP contribution in [0.15, 0.2) is 48.5 Å². The van der Waals surface area contributed by atoms with Gasteiger partial charge in [-0.15, -0.1) is 0 Å². The molecule has 0 fully saturated rings. The highest BCUT2D eigenvalue weighted by atomic mass is 16.2. The summed E-state index contributed by atoms with van der Waals surface area (Å²) in [5.41, 5.74) is 3.12. The summed E-state index contributed by atoms with van der Waals surface area (Å²) in [4.78, 5) is 38.2. The van der Waals surface area contributed by atoms with Crippen LogP contribution in [0, 0.1) is 5.92 Å². The molecule has 1 atom stereocenters. The van der Waals surface area contributed by atoms with E-state index in [4.69, 9.17) is 0 Å². The summed E-state index contributed by atoms with van der Waals surface area (Å²) in [5.74, 6) is -0.246. The molecule has 5 nitrogen and oxygen atoms in total. The van der Waals surface area contributed by atoms with E-state index in [1.807, 2.05) is 19.1 Å². The minimum Gasteiger partial charge on any atom is -0.350 e. The second-order valence-electron chi connectivity index (χ2n) is 7.69. The molecule has 28 heavy (non-hydrogen) atoms. The van der Waals surface area contributed by atoms with E-state index in [-0.39, 0.29) is 36.7 Å². The molecule has 1 aliphatic rings. The van der Waals surface area contributed by atoms with Crippen molar-refractivity contribution in [2.24, 2.45) is 5.92 Å². The molecule has 2 aromatic rings. The average molecular weight is 378 g/mol. The Balaban J connectivity index is 1.53. The van der Waals surface area contributed by atoms with Crippen molar-refractivity contribution in [2.45, 2.75) is 39.7 Å². The van der Waals surface area contributed by atoms with Crippen LogP contribution < -0.4 is 5.32 Å². The van der Waals surface area contributed by atoms with Gasteiger partial charge in [0.05, 0.1) is 17.2 Å². The number of nitrogens with one attached hydrogen (secondary N) is 1. The molecule has 0 unspecified atom stereocenters. The Bertz CT molecular complexity index is 852. The van der Waals surface area contributed by atoms with Gasteiger partial charge in [0.15, 0.2) is 0 Å². The van der Waals surface area contributed by atoms with Crippen molar-refractivity contribution < 1.29 is 14.4 Å². The normalized spacial score (nSPS) is 14.4. The third kappa shape index (κ3) is 4.30. The summed E-state index contributed by atoms with van der Waals surface area (Å²) in [6.45, 7) is 6.38. The molecule has 0 spiro atoms. The lowest BCUT2D eigenvalue weighted by molar-refractivity contribution is -0.121. The van der Waals surface area contributed by atoms with Gasteiger partial charge in [0.25, 0.3) is 11.8 Å². The zero-order chi connectivity index (χ0) is 20.3. The highest BCUT2D eigenvalue weighted by molar-refractivity contribution is 6.21. The number of hydrogen-bond donors (Lipinski definition) is 1. The maximum atomic E-state index is 12.3. The lowest BCUT2D eigenvalue weighted by Crippen LogP contribution is -2.35. The molecule has 146 valence electrons. The van der Waals surface area contributed by atoms with Gasteiger partial charge < -0.3 is 5.32 Å². The molecule has 0 bridgehead atoms. The number of fused-ring (bicyclic) bond motifs is 1. The third-order valence-corrected chi connectivity index (χ3v) is 4.94. The summed E-state index contributed by atoms with van der Waals surface area (Å²) in [6, 6.07) is 14.9. The Morgan fingerprint density at radius 3 is 2.04 bits per heavy atom. The van der Waals surface area contributed by atoms with Crippen molar-refractivity contribution in [1.82, 2.24) is 10.2 Å². The monoisotopic (exact) mass is 378 g/mol. The molecule has 1 N–H and O–H groups in total. The molecule has 3 amide bonds. The molecular formula is C23H26N2O3. The smallest absolute Gasteiger partial charge is 0.261 e. The van der Waals surface area contributed by atoms with Crippen LogP contribution >= 0.6 is 0 Å². The maximum Gasteiger partial charge on any atom is 0.261 e. The first-order valence-electron chi connectivity index (χ1n) is 9.70. The molecule has 3 rings (SSSR count). The van der Waals surface area contributed by atoms with Crippen molar-refractivity contribution in [2.75, 3.05) is 6.54 Å². The molecule has 0 saturated carbocycles. The van der Waals surface area contributed by atoms with Crippen molar-refractivity contribution in [1.29, 1.82) is 0 Å². The SMILES string of the molecule is CC(C)Cc1ccc([C@@H](C)NC(=O)CCN2C(=O)c3ccccc3C2=O)cc1. The van der Waals surface area contributed by atoms with Gasteiger partial charge in [-0.05, 0) is 42.5 Å². The van der Waals surface area contributed by atoms with Crippen LogP contribution in [0.4, 0.5) is 0 Å². The van der Waals surface area contributed by atoms with Crippen molar-refractivity contribution in [3.63, 3.8) is 0 Å². The standard InChI is InChI=1S/C23H26N2O3/c1-15(2)14-17-8-10-18(11-9-17)16(3)24-21(26)12-13-25-22(27)19-6-4-5-7-20(19)23(25)28/h4-11,15-16H,12-14H2,1-3H3,(H,24,26)/t16-/m1/s1. The van der Waals surface area contributed by atoms with Crippen LogP contribution in [-0.4, -0.2) is 29.2 Å². The highest BCUT2D eigenvalue weighted by Gasteiger charge is 2.34. The van der Waals surface area contributed by atoms with Gasteiger partial charge in [0.2, 0.25) is 5.91 Å².